The smallest absolute Gasteiger partial charge is 0.269 e. The number of rotatable bonds is 8. The van der Waals surface area contributed by atoms with E-state index in [1.165, 1.54) is 12.1 Å². The van der Waals surface area contributed by atoms with Crippen molar-refractivity contribution in [3.8, 4) is 16.9 Å². The molecule has 3 aromatic carbocycles. The molecule has 0 radical (unpaired) electrons. The summed E-state index contributed by atoms with van der Waals surface area (Å²) in [7, 11) is 0. The molecule has 1 heterocycles. The van der Waals surface area contributed by atoms with Crippen LogP contribution in [0.5, 0.6) is 0 Å². The van der Waals surface area contributed by atoms with Gasteiger partial charge in [-0.05, 0) is 42.5 Å². The second-order valence-electron chi connectivity index (χ2n) is 8.54. The summed E-state index contributed by atoms with van der Waals surface area (Å²) in [4.78, 5) is 35.6. The first-order valence-electron chi connectivity index (χ1n) is 11.4. The van der Waals surface area contributed by atoms with Gasteiger partial charge >= 0.3 is 0 Å². The lowest BCUT2D eigenvalue weighted by Crippen LogP contribution is -2.18. The van der Waals surface area contributed by atoms with E-state index in [1.54, 1.807) is 61.1 Å². The largest absolute Gasteiger partial charge is 0.326 e. The third kappa shape index (κ3) is 5.82. The molecule has 9 nitrogen and oxygen atoms in total. The van der Waals surface area contributed by atoms with Gasteiger partial charge in [0.05, 0.1) is 22.7 Å². The fourth-order valence-electron chi connectivity index (χ4n) is 3.58. The molecule has 0 aliphatic heterocycles. The Bertz CT molecular complexity index is 1400. The molecule has 4 aromatic rings. The van der Waals surface area contributed by atoms with Gasteiger partial charge in [0.15, 0.2) is 0 Å². The first-order valence-corrected chi connectivity index (χ1v) is 11.4. The highest BCUT2D eigenvalue weighted by atomic mass is 16.6. The number of nitrogens with zero attached hydrogens (tertiary/aromatic N) is 3. The molecule has 0 aliphatic carbocycles. The van der Waals surface area contributed by atoms with E-state index in [-0.39, 0.29) is 29.8 Å². The molecule has 0 unspecified atom stereocenters. The number of para-hydroxylation sites is 1. The second-order valence-corrected chi connectivity index (χ2v) is 8.54. The van der Waals surface area contributed by atoms with E-state index >= 15 is 0 Å². The van der Waals surface area contributed by atoms with Crippen LogP contribution in [0.2, 0.25) is 0 Å². The highest BCUT2D eigenvalue weighted by molar-refractivity contribution is 5.95. The number of nitro groups is 1. The van der Waals surface area contributed by atoms with Crippen LogP contribution >= 0.6 is 0 Å². The maximum atomic E-state index is 13.0. The molecule has 2 N–H and O–H groups in total. The van der Waals surface area contributed by atoms with Crippen molar-refractivity contribution < 1.29 is 14.5 Å². The van der Waals surface area contributed by atoms with Crippen molar-refractivity contribution in [2.45, 2.75) is 20.3 Å². The minimum Gasteiger partial charge on any atom is -0.326 e. The first-order chi connectivity index (χ1) is 17.3. The number of carbonyl (C=O) groups excluding carboxylic acids is 2. The Labute approximate surface area is 207 Å². The maximum Gasteiger partial charge on any atom is 0.269 e. The summed E-state index contributed by atoms with van der Waals surface area (Å²) in [6.07, 6.45) is 1.81. The molecule has 2 amide bonds. The van der Waals surface area contributed by atoms with Crippen LogP contribution < -0.4 is 10.6 Å². The van der Waals surface area contributed by atoms with Crippen LogP contribution in [-0.4, -0.2) is 26.5 Å². The predicted molar refractivity (Wildman–Crippen MR) is 138 cm³/mol. The number of non-ortho nitro benzene ring substituents is 1. The lowest BCUT2D eigenvalue weighted by molar-refractivity contribution is -0.384. The molecule has 4 rings (SSSR count). The zero-order valence-electron chi connectivity index (χ0n) is 19.8. The lowest BCUT2D eigenvalue weighted by atomic mass is 10.1. The van der Waals surface area contributed by atoms with Crippen LogP contribution in [0.1, 0.15) is 19.4 Å². The van der Waals surface area contributed by atoms with Crippen molar-refractivity contribution in [1.29, 1.82) is 0 Å². The number of anilines is 2. The Hall–Kier alpha value is -4.79. The van der Waals surface area contributed by atoms with Gasteiger partial charge in [-0.2, -0.15) is 5.10 Å². The number of nitro benzene ring substituents is 1. The Morgan fingerprint density at radius 1 is 0.944 bits per heavy atom. The van der Waals surface area contributed by atoms with Gasteiger partial charge in [-0.3, -0.25) is 19.7 Å². The zero-order chi connectivity index (χ0) is 25.7. The summed E-state index contributed by atoms with van der Waals surface area (Å²) < 4.78 is 1.68. The third-order valence-electron chi connectivity index (χ3n) is 5.45. The Morgan fingerprint density at radius 2 is 1.61 bits per heavy atom. The van der Waals surface area contributed by atoms with E-state index in [0.29, 0.717) is 28.2 Å². The second kappa shape index (κ2) is 10.6. The van der Waals surface area contributed by atoms with Gasteiger partial charge in [0.25, 0.3) is 5.69 Å². The Morgan fingerprint density at radius 3 is 2.25 bits per heavy atom. The average Bonchev–Trinajstić information content (AvgIpc) is 3.28. The Kier molecular flexibility index (Phi) is 7.20. The number of amides is 2. The van der Waals surface area contributed by atoms with Crippen LogP contribution in [0.15, 0.2) is 85.1 Å². The number of benzene rings is 3. The first kappa shape index (κ1) is 24.3. The minimum atomic E-state index is -0.460. The zero-order valence-corrected chi connectivity index (χ0v) is 19.8. The van der Waals surface area contributed by atoms with Gasteiger partial charge in [-0.15, -0.1) is 0 Å². The number of nitrogens with one attached hydrogen (secondary N) is 2. The van der Waals surface area contributed by atoms with Crippen LogP contribution in [0.3, 0.4) is 0 Å². The molecular formula is C27H25N5O4. The van der Waals surface area contributed by atoms with Crippen LogP contribution in [0.25, 0.3) is 16.9 Å². The monoisotopic (exact) mass is 483 g/mol. The molecule has 1 aromatic heterocycles. The SMILES string of the molecule is CC(C)C(=O)Nc1cccc(NC(=O)Cc2cn(-c3ccccc3)nc2-c2ccc([N+](=O)[O-])cc2)c1. The van der Waals surface area contributed by atoms with Gasteiger partial charge in [0.1, 0.15) is 0 Å². The molecule has 0 spiro atoms. The molecular weight excluding hydrogens is 458 g/mol. The van der Waals surface area contributed by atoms with Gasteiger partial charge in [0, 0.05) is 46.7 Å². The number of aromatic nitrogens is 2. The summed E-state index contributed by atoms with van der Waals surface area (Å²) in [6, 6.07) is 22.5. The predicted octanol–water partition coefficient (Wildman–Crippen LogP) is 5.22. The topological polar surface area (TPSA) is 119 Å². The molecule has 9 heteroatoms. The van der Waals surface area contributed by atoms with E-state index in [9.17, 15) is 19.7 Å². The van der Waals surface area contributed by atoms with E-state index in [4.69, 9.17) is 0 Å². The summed E-state index contributed by atoms with van der Waals surface area (Å²) in [5.74, 6) is -0.542. The van der Waals surface area contributed by atoms with Gasteiger partial charge in [0.2, 0.25) is 11.8 Å². The van der Waals surface area contributed by atoms with Gasteiger partial charge in [-0.25, -0.2) is 4.68 Å². The molecule has 182 valence electrons. The summed E-state index contributed by atoms with van der Waals surface area (Å²) in [5.41, 5.74) is 3.82. The molecule has 0 bridgehead atoms. The van der Waals surface area contributed by atoms with Gasteiger partial charge in [-0.1, -0.05) is 38.1 Å². The molecule has 0 fully saturated rings. The van der Waals surface area contributed by atoms with Crippen LogP contribution in [-0.2, 0) is 16.0 Å². The minimum absolute atomic E-state index is 0.0232. The molecule has 0 aliphatic rings. The molecule has 0 atom stereocenters. The summed E-state index contributed by atoms with van der Waals surface area (Å²) in [6.45, 7) is 3.61. The summed E-state index contributed by atoms with van der Waals surface area (Å²) >= 11 is 0. The van der Waals surface area contributed by atoms with Crippen molar-refractivity contribution >= 4 is 28.9 Å². The van der Waals surface area contributed by atoms with Crippen molar-refractivity contribution in [2.75, 3.05) is 10.6 Å². The van der Waals surface area contributed by atoms with E-state index in [0.717, 1.165) is 5.69 Å². The fourth-order valence-corrected chi connectivity index (χ4v) is 3.58. The van der Waals surface area contributed by atoms with Gasteiger partial charge < -0.3 is 10.6 Å². The highest BCUT2D eigenvalue weighted by Gasteiger charge is 2.17. The number of carbonyl (C=O) groups is 2. The van der Waals surface area contributed by atoms with Crippen molar-refractivity contribution in [3.05, 3.63) is 101 Å². The van der Waals surface area contributed by atoms with Crippen LogP contribution in [0, 0.1) is 16.0 Å². The van der Waals surface area contributed by atoms with Crippen molar-refractivity contribution in [1.82, 2.24) is 9.78 Å². The number of hydrogen-bond acceptors (Lipinski definition) is 5. The molecule has 36 heavy (non-hydrogen) atoms. The summed E-state index contributed by atoms with van der Waals surface area (Å²) in [5, 5.41) is 21.4. The van der Waals surface area contributed by atoms with E-state index in [1.807, 2.05) is 30.3 Å². The quantitative estimate of drug-likeness (QED) is 0.263. The van der Waals surface area contributed by atoms with Crippen molar-refractivity contribution in [2.24, 2.45) is 5.92 Å². The molecule has 0 saturated heterocycles. The molecule has 0 saturated carbocycles. The normalized spacial score (nSPS) is 10.8. The third-order valence-corrected chi connectivity index (χ3v) is 5.45. The fraction of sp³-hybridized carbons (Fsp3) is 0.148. The van der Waals surface area contributed by atoms with E-state index in [2.05, 4.69) is 15.7 Å². The lowest BCUT2D eigenvalue weighted by Gasteiger charge is -2.10. The van der Waals surface area contributed by atoms with E-state index < -0.39 is 4.92 Å². The Balaban J connectivity index is 1.59. The standard InChI is InChI=1S/C27H25N5O4/c1-18(2)27(34)29-22-8-6-7-21(16-22)28-25(33)15-20-17-31(23-9-4-3-5-10-23)30-26(20)19-11-13-24(14-12-19)32(35)36/h3-14,16-18H,15H2,1-2H3,(H,28,33)(H,29,34). The number of hydrogen-bond donors (Lipinski definition) is 2. The van der Waals surface area contributed by atoms with Crippen LogP contribution in [0.4, 0.5) is 17.1 Å². The maximum absolute atomic E-state index is 13.0. The highest BCUT2D eigenvalue weighted by Crippen LogP contribution is 2.27. The average molecular weight is 484 g/mol. The van der Waals surface area contributed by atoms with Crippen molar-refractivity contribution in [3.63, 3.8) is 0 Å².